The minimum Gasteiger partial charge on any atom is -0.369 e. The molecule has 3 heteroatoms. The van der Waals surface area contributed by atoms with Crippen LogP contribution in [0.15, 0.2) is 30.3 Å². The molecule has 1 heterocycles. The van der Waals surface area contributed by atoms with Gasteiger partial charge in [0.2, 0.25) is 0 Å². The largest absolute Gasteiger partial charge is 0.369 e. The normalized spacial score (nSPS) is 17.9. The molecule has 0 amide bonds. The Hall–Kier alpha value is -0.930. The Morgan fingerprint density at radius 3 is 2.35 bits per heavy atom. The highest BCUT2D eigenvalue weighted by Crippen LogP contribution is 2.17. The van der Waals surface area contributed by atoms with Gasteiger partial charge in [-0.15, -0.1) is 0 Å². The Morgan fingerprint density at radius 1 is 1.12 bits per heavy atom. The quantitative estimate of drug-likeness (QED) is 0.821. The number of hydrogen-bond acceptors (Lipinski definition) is 3. The summed E-state index contributed by atoms with van der Waals surface area (Å²) in [4.78, 5) is 4.83. The van der Waals surface area contributed by atoms with Gasteiger partial charge in [-0.3, -0.25) is 0 Å². The van der Waals surface area contributed by atoms with Gasteiger partial charge in [0.1, 0.15) is 0 Å². The maximum atomic E-state index is 4.16. The van der Waals surface area contributed by atoms with Crippen molar-refractivity contribution in [3.63, 3.8) is 0 Å². The molecule has 0 atom stereocenters. The zero-order valence-corrected chi connectivity index (χ0v) is 11.2. The Morgan fingerprint density at radius 2 is 1.76 bits per heavy atom. The van der Waals surface area contributed by atoms with E-state index in [0.29, 0.717) is 0 Å². The molecule has 1 aromatic rings. The van der Waals surface area contributed by atoms with Crippen molar-refractivity contribution in [2.75, 3.05) is 43.9 Å². The first-order chi connectivity index (χ1) is 8.29. The molecule has 92 valence electrons. The van der Waals surface area contributed by atoms with Crippen LogP contribution in [0.3, 0.4) is 0 Å². The van der Waals surface area contributed by atoms with Crippen LogP contribution in [-0.4, -0.2) is 43.9 Å². The molecule has 0 bridgehead atoms. The van der Waals surface area contributed by atoms with Gasteiger partial charge in [0.05, 0.1) is 0 Å². The number of nitrogens with zero attached hydrogens (tertiary/aromatic N) is 2. The lowest BCUT2D eigenvalue weighted by molar-refractivity contribution is 0.313. The van der Waals surface area contributed by atoms with E-state index in [0.717, 1.165) is 31.9 Å². The second kappa shape index (κ2) is 6.12. The average Bonchev–Trinajstić information content (AvgIpc) is 2.38. The summed E-state index contributed by atoms with van der Waals surface area (Å²) in [6.07, 6.45) is 4.18. The molecule has 0 spiro atoms. The minimum atomic E-state index is 0.792. The first-order valence-corrected chi connectivity index (χ1v) is 6.74. The number of anilines is 1. The number of rotatable bonds is 3. The average molecular weight is 248 g/mol. The van der Waals surface area contributed by atoms with E-state index in [1.165, 1.54) is 11.3 Å². The molecule has 0 aromatic heterocycles. The molecule has 0 saturated carbocycles. The van der Waals surface area contributed by atoms with Crippen LogP contribution < -0.4 is 4.90 Å². The van der Waals surface area contributed by atoms with Crippen molar-refractivity contribution in [1.29, 1.82) is 0 Å². The van der Waals surface area contributed by atoms with E-state index in [1.54, 1.807) is 0 Å². The second-order valence-corrected chi connectivity index (χ2v) is 4.83. The van der Waals surface area contributed by atoms with Crippen LogP contribution in [-0.2, 0) is 0 Å². The zero-order valence-electron chi connectivity index (χ0n) is 10.3. The standard InChI is InChI=1S/C14H20N2S/c1-15-8-10-16(11-9-15)14-6-4-13(5-7-14)3-2-12-17/h2-7,17H,8-12H2,1H3. The fraction of sp³-hybridized carbons (Fsp3) is 0.429. The third kappa shape index (κ3) is 3.51. The predicted molar refractivity (Wildman–Crippen MR) is 79.0 cm³/mol. The molecular weight excluding hydrogens is 228 g/mol. The molecule has 0 aliphatic carbocycles. The van der Waals surface area contributed by atoms with Gasteiger partial charge in [0, 0.05) is 37.6 Å². The van der Waals surface area contributed by atoms with Gasteiger partial charge in [0.15, 0.2) is 0 Å². The first-order valence-electron chi connectivity index (χ1n) is 6.10. The Bertz CT molecular complexity index is 364. The van der Waals surface area contributed by atoms with Crippen LogP contribution in [0.1, 0.15) is 5.56 Å². The third-order valence-corrected chi connectivity index (χ3v) is 3.39. The Balaban J connectivity index is 2.00. The van der Waals surface area contributed by atoms with E-state index in [1.807, 2.05) is 0 Å². The topological polar surface area (TPSA) is 6.48 Å². The first kappa shape index (κ1) is 12.5. The van der Waals surface area contributed by atoms with Crippen LogP contribution in [0.5, 0.6) is 0 Å². The van der Waals surface area contributed by atoms with Gasteiger partial charge in [0.25, 0.3) is 0 Å². The van der Waals surface area contributed by atoms with Crippen molar-refractivity contribution < 1.29 is 0 Å². The summed E-state index contributed by atoms with van der Waals surface area (Å²) >= 11 is 4.16. The SMILES string of the molecule is CN1CCN(c2ccc(C=CCS)cc2)CC1. The highest BCUT2D eigenvalue weighted by molar-refractivity contribution is 7.80. The molecule has 0 unspecified atom stereocenters. The number of likely N-dealkylation sites (N-methyl/N-ethyl adjacent to an activating group) is 1. The van der Waals surface area contributed by atoms with E-state index in [4.69, 9.17) is 0 Å². The summed E-state index contributed by atoms with van der Waals surface area (Å²) in [5.41, 5.74) is 2.58. The van der Waals surface area contributed by atoms with Crippen molar-refractivity contribution >= 4 is 24.4 Å². The van der Waals surface area contributed by atoms with Gasteiger partial charge in [-0.25, -0.2) is 0 Å². The lowest BCUT2D eigenvalue weighted by Crippen LogP contribution is -2.44. The fourth-order valence-corrected chi connectivity index (χ4v) is 2.16. The fourth-order valence-electron chi connectivity index (χ4n) is 2.05. The molecule has 1 aliphatic heterocycles. The lowest BCUT2D eigenvalue weighted by atomic mass is 10.1. The summed E-state index contributed by atoms with van der Waals surface area (Å²) in [7, 11) is 2.18. The maximum Gasteiger partial charge on any atom is 0.0367 e. The molecule has 2 nitrogen and oxygen atoms in total. The molecule has 17 heavy (non-hydrogen) atoms. The van der Waals surface area contributed by atoms with Gasteiger partial charge in [-0.05, 0) is 24.7 Å². The second-order valence-electron chi connectivity index (χ2n) is 4.47. The van der Waals surface area contributed by atoms with Crippen molar-refractivity contribution in [3.8, 4) is 0 Å². The predicted octanol–water partition coefficient (Wildman–Crippen LogP) is 2.38. The van der Waals surface area contributed by atoms with Gasteiger partial charge in [-0.2, -0.15) is 12.6 Å². The summed E-state index contributed by atoms with van der Waals surface area (Å²) in [5, 5.41) is 0. The molecule has 1 aromatic carbocycles. The summed E-state index contributed by atoms with van der Waals surface area (Å²) < 4.78 is 0. The van der Waals surface area contributed by atoms with Gasteiger partial charge in [-0.1, -0.05) is 24.3 Å². The van der Waals surface area contributed by atoms with Gasteiger partial charge < -0.3 is 9.80 Å². The molecule has 0 N–H and O–H groups in total. The Labute approximate surface area is 109 Å². The smallest absolute Gasteiger partial charge is 0.0367 e. The van der Waals surface area contributed by atoms with E-state index in [9.17, 15) is 0 Å². The van der Waals surface area contributed by atoms with Crippen LogP contribution in [0, 0.1) is 0 Å². The molecule has 2 rings (SSSR count). The molecule has 1 aliphatic rings. The third-order valence-electron chi connectivity index (χ3n) is 3.18. The number of hydrogen-bond donors (Lipinski definition) is 1. The van der Waals surface area contributed by atoms with Crippen LogP contribution in [0.2, 0.25) is 0 Å². The van der Waals surface area contributed by atoms with Crippen molar-refractivity contribution in [2.24, 2.45) is 0 Å². The molecule has 0 radical (unpaired) electrons. The highest BCUT2D eigenvalue weighted by atomic mass is 32.1. The minimum absolute atomic E-state index is 0.792. The number of piperazine rings is 1. The van der Waals surface area contributed by atoms with Crippen LogP contribution in [0.25, 0.3) is 6.08 Å². The monoisotopic (exact) mass is 248 g/mol. The lowest BCUT2D eigenvalue weighted by Gasteiger charge is -2.34. The van der Waals surface area contributed by atoms with Gasteiger partial charge >= 0.3 is 0 Å². The zero-order chi connectivity index (χ0) is 12.1. The highest BCUT2D eigenvalue weighted by Gasteiger charge is 2.13. The van der Waals surface area contributed by atoms with E-state index < -0.39 is 0 Å². The summed E-state index contributed by atoms with van der Waals surface area (Å²) in [6.45, 7) is 4.56. The van der Waals surface area contributed by atoms with Crippen molar-refractivity contribution in [2.45, 2.75) is 0 Å². The van der Waals surface area contributed by atoms with E-state index in [-0.39, 0.29) is 0 Å². The van der Waals surface area contributed by atoms with Crippen molar-refractivity contribution in [3.05, 3.63) is 35.9 Å². The number of thiol groups is 1. The maximum absolute atomic E-state index is 4.16. The van der Waals surface area contributed by atoms with E-state index >= 15 is 0 Å². The summed E-state index contributed by atoms with van der Waals surface area (Å²) in [6, 6.07) is 8.77. The van der Waals surface area contributed by atoms with Crippen molar-refractivity contribution in [1.82, 2.24) is 4.90 Å². The molecular formula is C14H20N2S. The molecule has 1 fully saturated rings. The Kier molecular flexibility index (Phi) is 4.51. The van der Waals surface area contributed by atoms with E-state index in [2.05, 4.69) is 65.9 Å². The number of benzene rings is 1. The summed E-state index contributed by atoms with van der Waals surface area (Å²) in [5.74, 6) is 0.792. The van der Waals surface area contributed by atoms with Crippen LogP contribution >= 0.6 is 12.6 Å². The van der Waals surface area contributed by atoms with Crippen LogP contribution in [0.4, 0.5) is 5.69 Å². The molecule has 1 saturated heterocycles.